The number of hydrogen-bond donors (Lipinski definition) is 1. The SMILES string of the molecule is c1ccc(Nc2ccc3nnc4cccc[n+]4c3c2)cc1. The minimum Gasteiger partial charge on any atom is -0.355 e. The third-order valence-electron chi connectivity index (χ3n) is 3.40. The molecule has 2 aromatic carbocycles. The number of aromatic nitrogens is 3. The second kappa shape index (κ2) is 4.83. The van der Waals surface area contributed by atoms with E-state index in [0.717, 1.165) is 28.1 Å². The smallest absolute Gasteiger partial charge is 0.355 e. The molecule has 2 heterocycles. The number of benzene rings is 2. The van der Waals surface area contributed by atoms with Crippen LogP contribution in [0.2, 0.25) is 0 Å². The van der Waals surface area contributed by atoms with Crippen molar-refractivity contribution < 1.29 is 4.40 Å². The highest BCUT2D eigenvalue weighted by Gasteiger charge is 2.10. The van der Waals surface area contributed by atoms with Crippen molar-refractivity contribution in [1.29, 1.82) is 0 Å². The molecule has 0 aliphatic heterocycles. The van der Waals surface area contributed by atoms with Crippen LogP contribution in [0, 0.1) is 0 Å². The quantitative estimate of drug-likeness (QED) is 0.451. The molecule has 0 unspecified atom stereocenters. The van der Waals surface area contributed by atoms with E-state index in [2.05, 4.69) is 21.6 Å². The van der Waals surface area contributed by atoms with Gasteiger partial charge in [0.15, 0.2) is 11.0 Å². The highest BCUT2D eigenvalue weighted by atomic mass is 15.2. The molecule has 4 heteroatoms. The summed E-state index contributed by atoms with van der Waals surface area (Å²) in [5, 5.41) is 11.9. The van der Waals surface area contributed by atoms with Crippen LogP contribution in [0.5, 0.6) is 0 Å². The summed E-state index contributed by atoms with van der Waals surface area (Å²) in [5.74, 6) is 0. The van der Waals surface area contributed by atoms with Crippen molar-refractivity contribution in [3.8, 4) is 0 Å². The molecule has 1 N–H and O–H groups in total. The van der Waals surface area contributed by atoms with Crippen molar-refractivity contribution in [3.63, 3.8) is 0 Å². The van der Waals surface area contributed by atoms with E-state index in [1.165, 1.54) is 0 Å². The van der Waals surface area contributed by atoms with Crippen molar-refractivity contribution in [1.82, 2.24) is 10.2 Å². The van der Waals surface area contributed by atoms with Gasteiger partial charge in [-0.15, -0.1) is 0 Å². The molecule has 0 aliphatic carbocycles. The highest BCUT2D eigenvalue weighted by molar-refractivity contribution is 5.77. The third kappa shape index (κ3) is 2.17. The standard InChI is InChI=1S/C17H12N4/c1-2-6-13(7-3-1)18-14-9-10-15-16(12-14)21-11-5-4-8-17(21)20-19-15/h1-12H/p+1. The van der Waals surface area contributed by atoms with Gasteiger partial charge in [-0.3, -0.25) is 0 Å². The second-order valence-corrected chi connectivity index (χ2v) is 4.82. The summed E-state index contributed by atoms with van der Waals surface area (Å²) in [6, 6.07) is 22.1. The van der Waals surface area contributed by atoms with Crippen LogP contribution < -0.4 is 9.72 Å². The van der Waals surface area contributed by atoms with Crippen molar-refractivity contribution in [2.75, 3.05) is 5.32 Å². The monoisotopic (exact) mass is 273 g/mol. The van der Waals surface area contributed by atoms with Gasteiger partial charge in [0.05, 0.1) is 11.3 Å². The first kappa shape index (κ1) is 11.8. The van der Waals surface area contributed by atoms with Gasteiger partial charge in [-0.1, -0.05) is 24.3 Å². The van der Waals surface area contributed by atoms with E-state index in [1.807, 2.05) is 71.3 Å². The maximum Gasteiger partial charge on any atom is 0.355 e. The summed E-state index contributed by atoms with van der Waals surface area (Å²) >= 11 is 0. The van der Waals surface area contributed by atoms with E-state index in [-0.39, 0.29) is 0 Å². The highest BCUT2D eigenvalue weighted by Crippen LogP contribution is 2.19. The first-order valence-corrected chi connectivity index (χ1v) is 6.79. The Balaban J connectivity index is 1.86. The van der Waals surface area contributed by atoms with E-state index >= 15 is 0 Å². The molecular weight excluding hydrogens is 260 g/mol. The lowest BCUT2D eigenvalue weighted by molar-refractivity contribution is -0.485. The van der Waals surface area contributed by atoms with Crippen LogP contribution in [-0.4, -0.2) is 10.2 Å². The number of hydrogen-bond acceptors (Lipinski definition) is 3. The summed E-state index contributed by atoms with van der Waals surface area (Å²) in [7, 11) is 0. The van der Waals surface area contributed by atoms with E-state index in [1.54, 1.807) is 0 Å². The Hall–Kier alpha value is -3.01. The second-order valence-electron chi connectivity index (χ2n) is 4.82. The minimum absolute atomic E-state index is 0.835. The summed E-state index contributed by atoms with van der Waals surface area (Å²) in [6.07, 6.45) is 2.00. The van der Waals surface area contributed by atoms with Gasteiger partial charge in [-0.2, -0.15) is 4.40 Å². The van der Waals surface area contributed by atoms with Crippen LogP contribution in [-0.2, 0) is 0 Å². The lowest BCUT2D eigenvalue weighted by Crippen LogP contribution is -2.24. The molecule has 0 atom stereocenters. The van der Waals surface area contributed by atoms with Crippen LogP contribution >= 0.6 is 0 Å². The zero-order chi connectivity index (χ0) is 14.1. The van der Waals surface area contributed by atoms with Gasteiger partial charge < -0.3 is 5.32 Å². The molecule has 0 spiro atoms. The van der Waals surface area contributed by atoms with Crippen molar-refractivity contribution in [2.45, 2.75) is 0 Å². The molecule has 4 nitrogen and oxygen atoms in total. The predicted octanol–water partition coefficient (Wildman–Crippen LogP) is 3.11. The van der Waals surface area contributed by atoms with Crippen LogP contribution in [0.15, 0.2) is 72.9 Å². The van der Waals surface area contributed by atoms with Gasteiger partial charge in [-0.25, -0.2) is 0 Å². The molecule has 100 valence electrons. The Morgan fingerprint density at radius 1 is 0.762 bits per heavy atom. The summed E-state index contributed by atoms with van der Waals surface area (Å²) in [4.78, 5) is 0. The average molecular weight is 273 g/mol. The fourth-order valence-corrected chi connectivity index (χ4v) is 2.39. The van der Waals surface area contributed by atoms with Gasteiger partial charge in [0.25, 0.3) is 0 Å². The van der Waals surface area contributed by atoms with Gasteiger partial charge >= 0.3 is 5.65 Å². The molecule has 2 aromatic heterocycles. The lowest BCUT2D eigenvalue weighted by atomic mass is 10.2. The van der Waals surface area contributed by atoms with Crippen LogP contribution in [0.3, 0.4) is 0 Å². The van der Waals surface area contributed by atoms with E-state index < -0.39 is 0 Å². The van der Waals surface area contributed by atoms with Crippen LogP contribution in [0.25, 0.3) is 16.7 Å². The fraction of sp³-hybridized carbons (Fsp3) is 0. The topological polar surface area (TPSA) is 41.9 Å². The largest absolute Gasteiger partial charge is 0.355 e. The molecule has 21 heavy (non-hydrogen) atoms. The molecule has 0 saturated carbocycles. The summed E-state index contributed by atoms with van der Waals surface area (Å²) < 4.78 is 2.04. The number of anilines is 2. The molecular formula is C17H13N4+. The minimum atomic E-state index is 0.835. The van der Waals surface area contributed by atoms with Gasteiger partial charge in [0, 0.05) is 23.5 Å². The molecule has 0 amide bonds. The normalized spacial score (nSPS) is 10.9. The first-order chi connectivity index (χ1) is 10.4. The van der Waals surface area contributed by atoms with E-state index in [4.69, 9.17) is 0 Å². The molecule has 0 aliphatic rings. The fourth-order valence-electron chi connectivity index (χ4n) is 2.39. The average Bonchev–Trinajstić information content (AvgIpc) is 2.56. The predicted molar refractivity (Wildman–Crippen MR) is 82.4 cm³/mol. The molecule has 0 radical (unpaired) electrons. The zero-order valence-electron chi connectivity index (χ0n) is 11.3. The number of pyridine rings is 1. The summed E-state index contributed by atoms with van der Waals surface area (Å²) in [6.45, 7) is 0. The number of para-hydroxylation sites is 1. The Morgan fingerprint density at radius 3 is 2.52 bits per heavy atom. The van der Waals surface area contributed by atoms with E-state index in [9.17, 15) is 0 Å². The van der Waals surface area contributed by atoms with Gasteiger partial charge in [0.1, 0.15) is 0 Å². The molecule has 0 fully saturated rings. The van der Waals surface area contributed by atoms with Gasteiger partial charge in [-0.05, 0) is 35.4 Å². The van der Waals surface area contributed by atoms with E-state index in [0.29, 0.717) is 0 Å². The Bertz CT molecular complexity index is 919. The van der Waals surface area contributed by atoms with Gasteiger partial charge in [0.2, 0.25) is 0 Å². The Kier molecular flexibility index (Phi) is 2.71. The van der Waals surface area contributed by atoms with Crippen molar-refractivity contribution >= 4 is 28.1 Å². The number of rotatable bonds is 2. The molecule has 0 bridgehead atoms. The maximum absolute atomic E-state index is 4.26. The molecule has 4 aromatic rings. The van der Waals surface area contributed by atoms with Crippen LogP contribution in [0.4, 0.5) is 11.4 Å². The van der Waals surface area contributed by atoms with Crippen LogP contribution in [0.1, 0.15) is 0 Å². The lowest BCUT2D eigenvalue weighted by Gasteiger charge is -2.06. The number of nitrogens with one attached hydrogen (secondary N) is 1. The molecule has 4 rings (SSSR count). The maximum atomic E-state index is 4.26. The van der Waals surface area contributed by atoms with Crippen molar-refractivity contribution in [2.24, 2.45) is 0 Å². The third-order valence-corrected chi connectivity index (χ3v) is 3.40. The Morgan fingerprint density at radius 2 is 1.62 bits per heavy atom. The number of nitrogens with zero attached hydrogens (tertiary/aromatic N) is 3. The Labute approximate surface area is 121 Å². The number of fused-ring (bicyclic) bond motifs is 3. The van der Waals surface area contributed by atoms with Crippen molar-refractivity contribution in [3.05, 3.63) is 72.9 Å². The summed E-state index contributed by atoms with van der Waals surface area (Å²) in [5.41, 5.74) is 4.83. The zero-order valence-corrected chi connectivity index (χ0v) is 11.3. The first-order valence-electron chi connectivity index (χ1n) is 6.79. The molecule has 0 saturated heterocycles.